The van der Waals surface area contributed by atoms with Crippen molar-refractivity contribution in [2.75, 3.05) is 5.32 Å². The molecule has 4 rings (SSSR count). The van der Waals surface area contributed by atoms with Gasteiger partial charge in [-0.15, -0.1) is 0 Å². The van der Waals surface area contributed by atoms with Crippen LogP contribution >= 0.6 is 11.6 Å². The topological polar surface area (TPSA) is 73.0 Å². The van der Waals surface area contributed by atoms with Gasteiger partial charge in [-0.05, 0) is 42.5 Å². The second kappa shape index (κ2) is 5.82. The first kappa shape index (κ1) is 14.5. The van der Waals surface area contributed by atoms with Gasteiger partial charge in [0.15, 0.2) is 11.6 Å². The van der Waals surface area contributed by atoms with Crippen LogP contribution in [0.4, 0.5) is 5.69 Å². The molecule has 3 heterocycles. The van der Waals surface area contributed by atoms with E-state index < -0.39 is 0 Å². The molecule has 0 fully saturated rings. The lowest BCUT2D eigenvalue weighted by atomic mass is 10.2. The standard InChI is InChI=1S/C17H11ClN4O2/c18-12-4-5-14-11(9-12)10-15(24-14)17(23)21-13-3-1-6-19-16(13)22-8-2-7-20-22/h1-10H,(H,21,23). The highest BCUT2D eigenvalue weighted by Gasteiger charge is 2.15. The number of hydrogen-bond donors (Lipinski definition) is 1. The summed E-state index contributed by atoms with van der Waals surface area (Å²) in [7, 11) is 0. The van der Waals surface area contributed by atoms with E-state index in [4.69, 9.17) is 16.0 Å². The van der Waals surface area contributed by atoms with Crippen molar-refractivity contribution in [2.24, 2.45) is 0 Å². The number of fused-ring (bicyclic) bond motifs is 1. The Morgan fingerprint density at radius 1 is 1.17 bits per heavy atom. The normalized spacial score (nSPS) is 10.9. The lowest BCUT2D eigenvalue weighted by Crippen LogP contribution is -2.14. The highest BCUT2D eigenvalue weighted by Crippen LogP contribution is 2.24. The average Bonchev–Trinajstić information content (AvgIpc) is 3.24. The minimum atomic E-state index is -0.372. The van der Waals surface area contributed by atoms with Crippen LogP contribution < -0.4 is 5.32 Å². The number of rotatable bonds is 3. The van der Waals surface area contributed by atoms with Crippen LogP contribution in [0.3, 0.4) is 0 Å². The molecule has 0 radical (unpaired) electrons. The number of carbonyl (C=O) groups excluding carboxylic acids is 1. The Bertz CT molecular complexity index is 1020. The number of amides is 1. The van der Waals surface area contributed by atoms with Crippen LogP contribution in [0.2, 0.25) is 5.02 Å². The lowest BCUT2D eigenvalue weighted by Gasteiger charge is -2.08. The highest BCUT2D eigenvalue weighted by atomic mass is 35.5. The maximum absolute atomic E-state index is 12.5. The zero-order valence-electron chi connectivity index (χ0n) is 12.3. The molecule has 0 atom stereocenters. The number of benzene rings is 1. The number of halogens is 1. The molecule has 0 saturated heterocycles. The molecule has 4 aromatic rings. The van der Waals surface area contributed by atoms with Crippen LogP contribution in [0.25, 0.3) is 16.8 Å². The third kappa shape index (κ3) is 2.63. The Kier molecular flexibility index (Phi) is 3.51. The molecule has 3 aromatic heterocycles. The molecule has 0 unspecified atom stereocenters. The minimum absolute atomic E-state index is 0.197. The predicted molar refractivity (Wildman–Crippen MR) is 90.5 cm³/mol. The summed E-state index contributed by atoms with van der Waals surface area (Å²) in [5.41, 5.74) is 1.13. The van der Waals surface area contributed by atoms with E-state index in [1.807, 2.05) is 0 Å². The summed E-state index contributed by atoms with van der Waals surface area (Å²) < 4.78 is 7.15. The van der Waals surface area contributed by atoms with Gasteiger partial charge in [-0.25, -0.2) is 9.67 Å². The molecule has 0 spiro atoms. The van der Waals surface area contributed by atoms with Crippen molar-refractivity contribution in [3.63, 3.8) is 0 Å². The van der Waals surface area contributed by atoms with E-state index in [-0.39, 0.29) is 11.7 Å². The van der Waals surface area contributed by atoms with Gasteiger partial charge in [0.05, 0.1) is 5.69 Å². The fourth-order valence-corrected chi connectivity index (χ4v) is 2.56. The SMILES string of the molecule is O=C(Nc1cccnc1-n1cccn1)c1cc2cc(Cl)ccc2o1. The molecule has 0 aliphatic rings. The molecule has 0 aliphatic carbocycles. The number of nitrogens with one attached hydrogen (secondary N) is 1. The molecular formula is C17H11ClN4O2. The summed E-state index contributed by atoms with van der Waals surface area (Å²) in [4.78, 5) is 16.8. The van der Waals surface area contributed by atoms with Gasteiger partial charge in [-0.3, -0.25) is 4.79 Å². The van der Waals surface area contributed by atoms with E-state index in [0.29, 0.717) is 22.1 Å². The van der Waals surface area contributed by atoms with Gasteiger partial charge < -0.3 is 9.73 Å². The second-order valence-corrected chi connectivity index (χ2v) is 5.51. The number of nitrogens with zero attached hydrogens (tertiary/aromatic N) is 3. The molecule has 7 heteroatoms. The molecule has 1 N–H and O–H groups in total. The summed E-state index contributed by atoms with van der Waals surface area (Å²) in [6.07, 6.45) is 5.03. The Hall–Kier alpha value is -3.12. The molecule has 0 aliphatic heterocycles. The van der Waals surface area contributed by atoms with Gasteiger partial charge in [0.25, 0.3) is 5.91 Å². The van der Waals surface area contributed by atoms with E-state index >= 15 is 0 Å². The smallest absolute Gasteiger partial charge is 0.291 e. The monoisotopic (exact) mass is 338 g/mol. The fourth-order valence-electron chi connectivity index (χ4n) is 2.38. The number of hydrogen-bond acceptors (Lipinski definition) is 4. The number of aromatic nitrogens is 3. The van der Waals surface area contributed by atoms with Crippen LogP contribution in [0.1, 0.15) is 10.6 Å². The van der Waals surface area contributed by atoms with E-state index in [0.717, 1.165) is 5.39 Å². The molecule has 6 nitrogen and oxygen atoms in total. The maximum Gasteiger partial charge on any atom is 0.291 e. The van der Waals surface area contributed by atoms with Crippen LogP contribution in [0.5, 0.6) is 0 Å². The molecule has 1 aromatic carbocycles. The summed E-state index contributed by atoms with van der Waals surface area (Å²) >= 11 is 5.95. The van der Waals surface area contributed by atoms with Crippen molar-refractivity contribution in [1.82, 2.24) is 14.8 Å². The third-order valence-corrected chi connectivity index (χ3v) is 3.69. The summed E-state index contributed by atoms with van der Waals surface area (Å²) in [6.45, 7) is 0. The zero-order chi connectivity index (χ0) is 16.5. The Morgan fingerprint density at radius 2 is 2.08 bits per heavy atom. The van der Waals surface area contributed by atoms with Crippen molar-refractivity contribution in [3.05, 3.63) is 71.8 Å². The molecule has 118 valence electrons. The number of anilines is 1. The fraction of sp³-hybridized carbons (Fsp3) is 0. The first-order valence-electron chi connectivity index (χ1n) is 7.16. The first-order valence-corrected chi connectivity index (χ1v) is 7.54. The highest BCUT2D eigenvalue weighted by molar-refractivity contribution is 6.31. The van der Waals surface area contributed by atoms with Crippen molar-refractivity contribution >= 4 is 34.2 Å². The van der Waals surface area contributed by atoms with Crippen molar-refractivity contribution in [3.8, 4) is 5.82 Å². The minimum Gasteiger partial charge on any atom is -0.451 e. The Balaban J connectivity index is 1.66. The Morgan fingerprint density at radius 3 is 2.92 bits per heavy atom. The van der Waals surface area contributed by atoms with Crippen molar-refractivity contribution < 1.29 is 9.21 Å². The van der Waals surface area contributed by atoms with Gasteiger partial charge >= 0.3 is 0 Å². The van der Waals surface area contributed by atoms with Crippen LogP contribution in [-0.2, 0) is 0 Å². The third-order valence-electron chi connectivity index (χ3n) is 3.46. The van der Waals surface area contributed by atoms with Crippen molar-refractivity contribution in [2.45, 2.75) is 0 Å². The van der Waals surface area contributed by atoms with Gasteiger partial charge in [0.2, 0.25) is 0 Å². The summed E-state index contributed by atoms with van der Waals surface area (Å²) in [6, 6.07) is 12.1. The molecule has 1 amide bonds. The predicted octanol–water partition coefficient (Wildman–Crippen LogP) is 3.92. The van der Waals surface area contributed by atoms with E-state index in [1.54, 1.807) is 65.7 Å². The van der Waals surface area contributed by atoms with E-state index in [2.05, 4.69) is 15.4 Å². The van der Waals surface area contributed by atoms with Crippen LogP contribution in [-0.4, -0.2) is 20.7 Å². The molecule has 0 bridgehead atoms. The van der Waals surface area contributed by atoms with Gasteiger partial charge in [0, 0.05) is 29.0 Å². The second-order valence-electron chi connectivity index (χ2n) is 5.07. The zero-order valence-corrected chi connectivity index (χ0v) is 13.1. The van der Waals surface area contributed by atoms with Crippen LogP contribution in [0, 0.1) is 0 Å². The quantitative estimate of drug-likeness (QED) is 0.614. The molecule has 24 heavy (non-hydrogen) atoms. The van der Waals surface area contributed by atoms with Crippen molar-refractivity contribution in [1.29, 1.82) is 0 Å². The lowest BCUT2D eigenvalue weighted by molar-refractivity contribution is 0.0998. The van der Waals surface area contributed by atoms with Gasteiger partial charge in [0.1, 0.15) is 5.58 Å². The maximum atomic E-state index is 12.5. The summed E-state index contributed by atoms with van der Waals surface area (Å²) in [5, 5.41) is 8.29. The number of pyridine rings is 1. The largest absolute Gasteiger partial charge is 0.451 e. The summed E-state index contributed by atoms with van der Waals surface area (Å²) in [5.74, 6) is 0.348. The van der Waals surface area contributed by atoms with E-state index in [1.165, 1.54) is 0 Å². The average molecular weight is 339 g/mol. The van der Waals surface area contributed by atoms with Crippen LogP contribution in [0.15, 0.2) is 65.5 Å². The molecular weight excluding hydrogens is 328 g/mol. The molecule has 0 saturated carbocycles. The first-order chi connectivity index (χ1) is 11.7. The number of carbonyl (C=O) groups is 1. The van der Waals surface area contributed by atoms with Gasteiger partial charge in [-0.2, -0.15) is 5.10 Å². The number of furan rings is 1. The Labute approximate surface area is 141 Å². The van der Waals surface area contributed by atoms with Gasteiger partial charge in [-0.1, -0.05) is 11.6 Å². The van der Waals surface area contributed by atoms with E-state index in [9.17, 15) is 4.79 Å².